The Kier molecular flexibility index (Phi) is 6.11. The van der Waals surface area contributed by atoms with E-state index in [1.807, 2.05) is 0 Å². The zero-order valence-electron chi connectivity index (χ0n) is 16.6. The third-order valence-corrected chi connectivity index (χ3v) is 5.80. The quantitative estimate of drug-likeness (QED) is 0.601. The molecule has 2 aromatic carbocycles. The van der Waals surface area contributed by atoms with E-state index in [1.54, 1.807) is 67.9 Å². The van der Waals surface area contributed by atoms with Crippen LogP contribution in [0.4, 0.5) is 0 Å². The number of pyridine rings is 1. The van der Waals surface area contributed by atoms with Crippen molar-refractivity contribution in [3.05, 3.63) is 93.2 Å². The number of amides is 2. The fraction of sp³-hybridized carbons (Fsp3) is 0.174. The first kappa shape index (κ1) is 21.2. The number of rotatable bonds is 5. The summed E-state index contributed by atoms with van der Waals surface area (Å²) in [5.74, 6) is -0.641. The van der Waals surface area contributed by atoms with Crippen LogP contribution < -0.4 is 15.4 Å². The fourth-order valence-electron chi connectivity index (χ4n) is 3.78. The number of aromatic nitrogens is 1. The van der Waals surface area contributed by atoms with Gasteiger partial charge in [-0.05, 0) is 41.5 Å². The first-order valence-corrected chi connectivity index (χ1v) is 10.4. The molecule has 2 heterocycles. The molecule has 6 nitrogen and oxygen atoms in total. The van der Waals surface area contributed by atoms with Gasteiger partial charge in [-0.3, -0.25) is 14.6 Å². The van der Waals surface area contributed by atoms with Crippen molar-refractivity contribution < 1.29 is 14.3 Å². The summed E-state index contributed by atoms with van der Waals surface area (Å²) in [6.07, 6.45) is 1.64. The average Bonchev–Trinajstić information content (AvgIpc) is 2.77. The van der Waals surface area contributed by atoms with E-state index in [4.69, 9.17) is 27.9 Å². The van der Waals surface area contributed by atoms with Crippen molar-refractivity contribution in [3.8, 4) is 5.75 Å². The maximum Gasteiger partial charge on any atom is 0.252 e. The Labute approximate surface area is 189 Å². The Bertz CT molecular complexity index is 1150. The van der Waals surface area contributed by atoms with E-state index in [9.17, 15) is 9.59 Å². The molecule has 0 fully saturated rings. The maximum atomic E-state index is 13.4. The molecule has 3 aromatic rings. The lowest BCUT2D eigenvalue weighted by atomic mass is 9.80. The number of fused-ring (bicyclic) bond motifs is 1. The van der Waals surface area contributed by atoms with Gasteiger partial charge < -0.3 is 15.4 Å². The summed E-state index contributed by atoms with van der Waals surface area (Å²) in [7, 11) is 1.55. The van der Waals surface area contributed by atoms with E-state index in [-0.39, 0.29) is 18.4 Å². The summed E-state index contributed by atoms with van der Waals surface area (Å²) in [5.41, 5.74) is 2.31. The first-order valence-electron chi connectivity index (χ1n) is 9.60. The molecule has 8 heteroatoms. The predicted molar refractivity (Wildman–Crippen MR) is 118 cm³/mol. The number of halogens is 2. The average molecular weight is 456 g/mol. The lowest BCUT2D eigenvalue weighted by molar-refractivity contribution is -0.123. The molecule has 31 heavy (non-hydrogen) atoms. The number of carbonyl (C=O) groups is 2. The summed E-state index contributed by atoms with van der Waals surface area (Å²) >= 11 is 12.5. The molecule has 0 saturated heterocycles. The van der Waals surface area contributed by atoms with Crippen molar-refractivity contribution in [2.45, 2.75) is 18.5 Å². The molecule has 0 saturated carbocycles. The molecule has 0 aliphatic carbocycles. The number of ether oxygens (including phenoxy) is 1. The largest absolute Gasteiger partial charge is 0.495 e. The molecule has 2 atom stereocenters. The maximum absolute atomic E-state index is 13.4. The Morgan fingerprint density at radius 3 is 2.71 bits per heavy atom. The van der Waals surface area contributed by atoms with E-state index >= 15 is 0 Å². The van der Waals surface area contributed by atoms with Crippen molar-refractivity contribution in [1.29, 1.82) is 0 Å². The minimum atomic E-state index is -0.692. The number of nitrogens with one attached hydrogen (secondary N) is 2. The van der Waals surface area contributed by atoms with Gasteiger partial charge in [-0.25, -0.2) is 0 Å². The number of hydrogen-bond acceptors (Lipinski definition) is 4. The molecule has 0 unspecified atom stereocenters. The van der Waals surface area contributed by atoms with Crippen LogP contribution in [0, 0.1) is 0 Å². The fourth-order valence-corrected chi connectivity index (χ4v) is 4.31. The van der Waals surface area contributed by atoms with Gasteiger partial charge in [0.25, 0.3) is 5.91 Å². The minimum absolute atomic E-state index is 0.177. The smallest absolute Gasteiger partial charge is 0.252 e. The van der Waals surface area contributed by atoms with Crippen LogP contribution in [-0.2, 0) is 11.3 Å². The predicted octanol–water partition coefficient (Wildman–Crippen LogP) is 4.28. The molecule has 2 amide bonds. The Hall–Kier alpha value is -3.09. The Morgan fingerprint density at radius 2 is 1.94 bits per heavy atom. The topological polar surface area (TPSA) is 80.3 Å². The van der Waals surface area contributed by atoms with Gasteiger partial charge in [-0.15, -0.1) is 0 Å². The van der Waals surface area contributed by atoms with Crippen LogP contribution in [-0.4, -0.2) is 23.9 Å². The van der Waals surface area contributed by atoms with Gasteiger partial charge >= 0.3 is 0 Å². The molecule has 0 spiro atoms. The first-order chi connectivity index (χ1) is 15.0. The van der Waals surface area contributed by atoms with Gasteiger partial charge in [0, 0.05) is 21.8 Å². The van der Waals surface area contributed by atoms with Crippen LogP contribution in [0.1, 0.15) is 39.1 Å². The Morgan fingerprint density at radius 1 is 1.13 bits per heavy atom. The molecule has 0 bridgehead atoms. The highest BCUT2D eigenvalue weighted by molar-refractivity contribution is 6.35. The van der Waals surface area contributed by atoms with Crippen LogP contribution in [0.5, 0.6) is 5.75 Å². The molecule has 1 aromatic heterocycles. The lowest BCUT2D eigenvalue weighted by Crippen LogP contribution is -2.44. The van der Waals surface area contributed by atoms with E-state index in [0.29, 0.717) is 38.2 Å². The molecule has 158 valence electrons. The van der Waals surface area contributed by atoms with Gasteiger partial charge in [-0.2, -0.15) is 0 Å². The third-order valence-electron chi connectivity index (χ3n) is 5.24. The second-order valence-electron chi connectivity index (χ2n) is 7.05. The van der Waals surface area contributed by atoms with Gasteiger partial charge in [0.2, 0.25) is 5.91 Å². The highest BCUT2D eigenvalue weighted by Gasteiger charge is 2.39. The second kappa shape index (κ2) is 8.96. The molecule has 0 radical (unpaired) electrons. The normalized spacial score (nSPS) is 17.5. The zero-order valence-corrected chi connectivity index (χ0v) is 18.1. The minimum Gasteiger partial charge on any atom is -0.495 e. The van der Waals surface area contributed by atoms with Crippen LogP contribution in [0.3, 0.4) is 0 Å². The van der Waals surface area contributed by atoms with E-state index in [2.05, 4.69) is 15.6 Å². The molecule has 1 aliphatic rings. The highest BCUT2D eigenvalue weighted by atomic mass is 35.5. The van der Waals surface area contributed by atoms with E-state index in [0.717, 1.165) is 0 Å². The summed E-state index contributed by atoms with van der Waals surface area (Å²) in [6.45, 7) is 0.177. The number of benzene rings is 2. The molecular weight excluding hydrogens is 437 g/mol. The summed E-state index contributed by atoms with van der Waals surface area (Å²) in [4.78, 5) is 30.4. The summed E-state index contributed by atoms with van der Waals surface area (Å²) in [6, 6.07) is 15.0. The van der Waals surface area contributed by atoms with Crippen LogP contribution in [0.25, 0.3) is 0 Å². The summed E-state index contributed by atoms with van der Waals surface area (Å²) in [5, 5.41) is 6.71. The number of carbonyl (C=O) groups excluding carboxylic acids is 2. The van der Waals surface area contributed by atoms with E-state index in [1.165, 1.54) is 0 Å². The second-order valence-corrected chi connectivity index (χ2v) is 7.90. The lowest BCUT2D eigenvalue weighted by Gasteiger charge is -2.34. The highest BCUT2D eigenvalue weighted by Crippen LogP contribution is 2.40. The molecule has 1 aliphatic heterocycles. The van der Waals surface area contributed by atoms with Crippen molar-refractivity contribution in [2.24, 2.45) is 0 Å². The van der Waals surface area contributed by atoms with Crippen molar-refractivity contribution >= 4 is 35.0 Å². The third kappa shape index (κ3) is 4.22. The van der Waals surface area contributed by atoms with Crippen molar-refractivity contribution in [3.63, 3.8) is 0 Å². The van der Waals surface area contributed by atoms with E-state index < -0.39 is 12.0 Å². The number of nitrogens with zero attached hydrogens (tertiary/aromatic N) is 1. The molecular formula is C23H19Cl2N3O3. The van der Waals surface area contributed by atoms with Gasteiger partial charge in [0.1, 0.15) is 11.4 Å². The van der Waals surface area contributed by atoms with Crippen LogP contribution in [0.2, 0.25) is 10.0 Å². The van der Waals surface area contributed by atoms with Crippen molar-refractivity contribution in [1.82, 2.24) is 15.6 Å². The molecule has 2 N–H and O–H groups in total. The standard InChI is InChI=1S/C23H19Cl2N3O3/c1-31-19-7-4-10-26-18(19)12-27-23(30)20-14-5-2-3-6-15(14)22(29)28-21(20)16-9-8-13(24)11-17(16)25/h2-11,20-21H,12H2,1H3,(H,27,30)(H,28,29)/t20-,21+/m1/s1. The summed E-state index contributed by atoms with van der Waals surface area (Å²) < 4.78 is 5.31. The molecule has 4 rings (SSSR count). The number of methoxy groups -OCH3 is 1. The number of hydrogen-bond donors (Lipinski definition) is 2. The monoisotopic (exact) mass is 455 g/mol. The van der Waals surface area contributed by atoms with Crippen molar-refractivity contribution in [2.75, 3.05) is 7.11 Å². The zero-order chi connectivity index (χ0) is 22.0. The van der Waals surface area contributed by atoms with Gasteiger partial charge in [0.05, 0.1) is 25.6 Å². The van der Waals surface area contributed by atoms with Crippen LogP contribution in [0.15, 0.2) is 60.8 Å². The SMILES string of the molecule is COc1cccnc1CNC(=O)[C@@H]1c2ccccc2C(=O)N[C@H]1c1ccc(Cl)cc1Cl. The van der Waals surface area contributed by atoms with Crippen LogP contribution >= 0.6 is 23.2 Å². The van der Waals surface area contributed by atoms with Gasteiger partial charge in [-0.1, -0.05) is 47.5 Å². The van der Waals surface area contributed by atoms with Gasteiger partial charge in [0.15, 0.2) is 0 Å². The Balaban J connectivity index is 1.70.